The van der Waals surface area contributed by atoms with Crippen LogP contribution >= 0.6 is 22.6 Å². The van der Waals surface area contributed by atoms with E-state index in [-0.39, 0.29) is 0 Å². The molecule has 0 saturated heterocycles. The van der Waals surface area contributed by atoms with Gasteiger partial charge in [-0.2, -0.15) is 0 Å². The quantitative estimate of drug-likeness (QED) is 0.481. The molecule has 0 fully saturated rings. The minimum Gasteiger partial charge on any atom is -0.394 e. The van der Waals surface area contributed by atoms with Crippen LogP contribution in [-0.4, -0.2) is 29.6 Å². The van der Waals surface area contributed by atoms with Crippen molar-refractivity contribution in [3.05, 3.63) is 81.4 Å². The number of amides is 2. The summed E-state index contributed by atoms with van der Waals surface area (Å²) in [7, 11) is 0. The molecule has 0 radical (unpaired) electrons. The minimum absolute atomic E-state index is 0.331. The van der Waals surface area contributed by atoms with E-state index in [1.54, 1.807) is 12.1 Å². The molecule has 0 spiro atoms. The van der Waals surface area contributed by atoms with Gasteiger partial charge in [0.05, 0.1) is 6.61 Å². The van der Waals surface area contributed by atoms with E-state index in [1.165, 1.54) is 0 Å². The minimum atomic E-state index is -1.01. The van der Waals surface area contributed by atoms with Gasteiger partial charge in [0.2, 0.25) is 5.91 Å². The Balaban J connectivity index is 1.64. The molecule has 0 heterocycles. The van der Waals surface area contributed by atoms with Crippen LogP contribution < -0.4 is 10.6 Å². The fraction of sp³-hybridized carbons (Fsp3) is 0.143. The van der Waals surface area contributed by atoms with Crippen LogP contribution in [0, 0.1) is 3.57 Å². The van der Waals surface area contributed by atoms with Crippen LogP contribution in [-0.2, 0) is 11.3 Å². The second kappa shape index (κ2) is 8.96. The molecule has 0 saturated carbocycles. The Morgan fingerprint density at radius 3 is 2.48 bits per heavy atom. The Hall–Kier alpha value is -2.45. The lowest BCUT2D eigenvalue weighted by molar-refractivity contribution is -0.124. The Morgan fingerprint density at radius 1 is 0.963 bits per heavy atom. The fourth-order valence-electron chi connectivity index (χ4n) is 2.73. The molecule has 2 amide bonds. The number of nitrogens with one attached hydrogen (secondary N) is 2. The monoisotopic (exact) mass is 474 g/mol. The third-order valence-corrected chi connectivity index (χ3v) is 4.84. The summed E-state index contributed by atoms with van der Waals surface area (Å²) in [5, 5.41) is 16.8. The van der Waals surface area contributed by atoms with Crippen molar-refractivity contribution in [1.29, 1.82) is 0 Å². The standard InChI is InChI=1S/C21H19IN2O3/c22-18-7-3-4-14(10-18)12-23-21(27)19(13-25)24-20(26)17-9-8-15-5-1-2-6-16(15)11-17/h1-11,19,25H,12-13H2,(H,23,27)(H,24,26)/t19-/m0/s1. The summed E-state index contributed by atoms with van der Waals surface area (Å²) in [5.74, 6) is -0.824. The second-order valence-electron chi connectivity index (χ2n) is 6.12. The van der Waals surface area contributed by atoms with E-state index < -0.39 is 24.5 Å². The van der Waals surface area contributed by atoms with Crippen molar-refractivity contribution in [2.45, 2.75) is 12.6 Å². The van der Waals surface area contributed by atoms with E-state index in [0.29, 0.717) is 12.1 Å². The molecule has 3 N–H and O–H groups in total. The fourth-order valence-corrected chi connectivity index (χ4v) is 3.33. The molecule has 0 aliphatic rings. The molecule has 27 heavy (non-hydrogen) atoms. The van der Waals surface area contributed by atoms with Gasteiger partial charge < -0.3 is 15.7 Å². The van der Waals surface area contributed by atoms with E-state index in [9.17, 15) is 14.7 Å². The summed E-state index contributed by atoms with van der Waals surface area (Å²) in [6.45, 7) is -0.143. The zero-order chi connectivity index (χ0) is 19.2. The van der Waals surface area contributed by atoms with E-state index in [1.807, 2.05) is 54.6 Å². The highest BCUT2D eigenvalue weighted by atomic mass is 127. The molecule has 0 unspecified atom stereocenters. The van der Waals surface area contributed by atoms with Crippen molar-refractivity contribution < 1.29 is 14.7 Å². The Kier molecular flexibility index (Phi) is 6.41. The van der Waals surface area contributed by atoms with Gasteiger partial charge in [-0.15, -0.1) is 0 Å². The first-order chi connectivity index (χ1) is 13.1. The van der Waals surface area contributed by atoms with Crippen molar-refractivity contribution in [3.63, 3.8) is 0 Å². The van der Waals surface area contributed by atoms with Crippen LogP contribution in [0.1, 0.15) is 15.9 Å². The van der Waals surface area contributed by atoms with Crippen molar-refractivity contribution in [3.8, 4) is 0 Å². The number of rotatable bonds is 6. The van der Waals surface area contributed by atoms with E-state index in [0.717, 1.165) is 19.9 Å². The summed E-state index contributed by atoms with van der Waals surface area (Å²) in [6.07, 6.45) is 0. The average Bonchev–Trinajstić information content (AvgIpc) is 2.69. The number of hydrogen-bond donors (Lipinski definition) is 3. The smallest absolute Gasteiger partial charge is 0.252 e. The van der Waals surface area contributed by atoms with Gasteiger partial charge in [-0.1, -0.05) is 42.5 Å². The van der Waals surface area contributed by atoms with Gasteiger partial charge in [0.1, 0.15) is 6.04 Å². The maximum atomic E-state index is 12.5. The first kappa shape index (κ1) is 19.3. The topological polar surface area (TPSA) is 78.4 Å². The third-order valence-electron chi connectivity index (χ3n) is 4.17. The Morgan fingerprint density at radius 2 is 1.74 bits per heavy atom. The summed E-state index contributed by atoms with van der Waals surface area (Å²) in [4.78, 5) is 24.8. The van der Waals surface area contributed by atoms with Crippen LogP contribution in [0.5, 0.6) is 0 Å². The molecule has 3 rings (SSSR count). The zero-order valence-electron chi connectivity index (χ0n) is 14.5. The first-order valence-electron chi connectivity index (χ1n) is 8.49. The van der Waals surface area contributed by atoms with Crippen LogP contribution in [0.15, 0.2) is 66.7 Å². The molecule has 1 atom stereocenters. The number of carbonyl (C=O) groups excluding carboxylic acids is 2. The molecule has 0 aliphatic heterocycles. The molecule has 0 aliphatic carbocycles. The van der Waals surface area contributed by atoms with Crippen molar-refractivity contribution >= 4 is 45.2 Å². The highest BCUT2D eigenvalue weighted by Gasteiger charge is 2.20. The molecule has 0 aromatic heterocycles. The van der Waals surface area contributed by atoms with E-state index in [2.05, 4.69) is 33.2 Å². The van der Waals surface area contributed by atoms with E-state index >= 15 is 0 Å². The maximum Gasteiger partial charge on any atom is 0.252 e. The third kappa shape index (κ3) is 5.05. The first-order valence-corrected chi connectivity index (χ1v) is 9.57. The highest BCUT2D eigenvalue weighted by Crippen LogP contribution is 2.15. The molecule has 0 bridgehead atoms. The average molecular weight is 474 g/mol. The van der Waals surface area contributed by atoms with Gasteiger partial charge in [0.15, 0.2) is 0 Å². The number of aliphatic hydroxyl groups excluding tert-OH is 1. The summed E-state index contributed by atoms with van der Waals surface area (Å²) in [6, 6.07) is 19.8. The van der Waals surface area contributed by atoms with Crippen LogP contribution in [0.25, 0.3) is 10.8 Å². The van der Waals surface area contributed by atoms with Crippen molar-refractivity contribution in [2.24, 2.45) is 0 Å². The van der Waals surface area contributed by atoms with Gasteiger partial charge >= 0.3 is 0 Å². The van der Waals surface area contributed by atoms with Gasteiger partial charge in [0.25, 0.3) is 5.91 Å². The molecular formula is C21H19IN2O3. The zero-order valence-corrected chi connectivity index (χ0v) is 16.6. The number of halogens is 1. The molecular weight excluding hydrogens is 455 g/mol. The van der Waals surface area contributed by atoms with Gasteiger partial charge in [-0.25, -0.2) is 0 Å². The molecule has 138 valence electrons. The number of aliphatic hydroxyl groups is 1. The number of carbonyl (C=O) groups is 2. The van der Waals surface area contributed by atoms with Gasteiger partial charge in [-0.3, -0.25) is 9.59 Å². The number of hydrogen-bond acceptors (Lipinski definition) is 3. The predicted molar refractivity (Wildman–Crippen MR) is 113 cm³/mol. The van der Waals surface area contributed by atoms with Gasteiger partial charge in [0, 0.05) is 15.7 Å². The van der Waals surface area contributed by atoms with Crippen molar-refractivity contribution in [1.82, 2.24) is 10.6 Å². The summed E-state index contributed by atoms with van der Waals surface area (Å²) in [5.41, 5.74) is 1.39. The summed E-state index contributed by atoms with van der Waals surface area (Å²) >= 11 is 2.20. The SMILES string of the molecule is O=C(N[C@@H](CO)C(=O)NCc1cccc(I)c1)c1ccc2ccccc2c1. The lowest BCUT2D eigenvalue weighted by Crippen LogP contribution is -2.48. The Labute approximate surface area is 170 Å². The number of fused-ring (bicyclic) bond motifs is 1. The van der Waals surface area contributed by atoms with Gasteiger partial charge in [-0.05, 0) is 63.2 Å². The molecule has 3 aromatic carbocycles. The van der Waals surface area contributed by atoms with E-state index in [4.69, 9.17) is 0 Å². The van der Waals surface area contributed by atoms with Crippen LogP contribution in [0.2, 0.25) is 0 Å². The summed E-state index contributed by atoms with van der Waals surface area (Å²) < 4.78 is 1.07. The van der Waals surface area contributed by atoms with Crippen LogP contribution in [0.3, 0.4) is 0 Å². The molecule has 3 aromatic rings. The van der Waals surface area contributed by atoms with Crippen LogP contribution in [0.4, 0.5) is 0 Å². The molecule has 5 nitrogen and oxygen atoms in total. The molecule has 6 heteroatoms. The predicted octanol–water partition coefficient (Wildman–Crippen LogP) is 2.85. The number of benzene rings is 3. The second-order valence-corrected chi connectivity index (χ2v) is 7.36. The largest absolute Gasteiger partial charge is 0.394 e. The van der Waals surface area contributed by atoms with Crippen molar-refractivity contribution in [2.75, 3.05) is 6.61 Å². The Bertz CT molecular complexity index is 974. The lowest BCUT2D eigenvalue weighted by atomic mass is 10.1. The maximum absolute atomic E-state index is 12.5. The highest BCUT2D eigenvalue weighted by molar-refractivity contribution is 14.1. The lowest BCUT2D eigenvalue weighted by Gasteiger charge is -2.16. The normalized spacial score (nSPS) is 11.8.